The van der Waals surface area contributed by atoms with Gasteiger partial charge in [0.05, 0.1) is 11.9 Å². The summed E-state index contributed by atoms with van der Waals surface area (Å²) in [6, 6.07) is 2.00. The first-order chi connectivity index (χ1) is 9.29. The van der Waals surface area contributed by atoms with Crippen LogP contribution in [0.5, 0.6) is 0 Å². The Labute approximate surface area is 117 Å². The number of amides is 1. The standard InChI is InChI=1S/C14H19N3OS/c1-2-4-13-9-12(10-19-13)14(18)16-5-3-7-17-8-6-15-11-17/h6,8-11H,2-5,7H2,1H3,(H,16,18). The molecule has 0 saturated heterocycles. The predicted octanol–water partition coefficient (Wildman–Crippen LogP) is 2.72. The van der Waals surface area contributed by atoms with Gasteiger partial charge in [0.25, 0.3) is 5.91 Å². The fourth-order valence-electron chi connectivity index (χ4n) is 1.86. The van der Waals surface area contributed by atoms with Gasteiger partial charge in [0.2, 0.25) is 0 Å². The molecule has 0 aliphatic rings. The molecule has 102 valence electrons. The number of aryl methyl sites for hydroxylation is 2. The third-order valence-electron chi connectivity index (χ3n) is 2.85. The zero-order chi connectivity index (χ0) is 13.5. The predicted molar refractivity (Wildman–Crippen MR) is 77.5 cm³/mol. The molecule has 0 bridgehead atoms. The number of imidazole rings is 1. The highest BCUT2D eigenvalue weighted by molar-refractivity contribution is 7.10. The molecule has 0 aliphatic heterocycles. The summed E-state index contributed by atoms with van der Waals surface area (Å²) in [5.74, 6) is 0.0317. The molecular formula is C14H19N3OS. The summed E-state index contributed by atoms with van der Waals surface area (Å²) in [6.07, 6.45) is 8.56. The van der Waals surface area contributed by atoms with Crippen LogP contribution in [-0.4, -0.2) is 22.0 Å². The van der Waals surface area contributed by atoms with Gasteiger partial charge in [-0.05, 0) is 18.9 Å². The van der Waals surface area contributed by atoms with Gasteiger partial charge in [-0.25, -0.2) is 4.98 Å². The minimum atomic E-state index is 0.0317. The van der Waals surface area contributed by atoms with Crippen molar-refractivity contribution >= 4 is 17.2 Å². The van der Waals surface area contributed by atoms with Crippen LogP contribution in [0.25, 0.3) is 0 Å². The first-order valence-corrected chi connectivity index (χ1v) is 7.49. The zero-order valence-electron chi connectivity index (χ0n) is 11.1. The first-order valence-electron chi connectivity index (χ1n) is 6.61. The van der Waals surface area contributed by atoms with Crippen LogP contribution in [0.4, 0.5) is 0 Å². The second kappa shape index (κ2) is 7.09. The third kappa shape index (κ3) is 4.21. The fraction of sp³-hybridized carbons (Fsp3) is 0.429. The average Bonchev–Trinajstić information content (AvgIpc) is 3.06. The molecule has 2 aromatic heterocycles. The maximum Gasteiger partial charge on any atom is 0.252 e. The van der Waals surface area contributed by atoms with E-state index < -0.39 is 0 Å². The van der Waals surface area contributed by atoms with Crippen molar-refractivity contribution in [1.29, 1.82) is 0 Å². The Morgan fingerprint density at radius 2 is 2.42 bits per heavy atom. The lowest BCUT2D eigenvalue weighted by Gasteiger charge is -2.04. The van der Waals surface area contributed by atoms with Crippen molar-refractivity contribution in [2.45, 2.75) is 32.7 Å². The molecule has 19 heavy (non-hydrogen) atoms. The Morgan fingerprint density at radius 1 is 1.53 bits per heavy atom. The van der Waals surface area contributed by atoms with E-state index in [-0.39, 0.29) is 5.91 Å². The molecule has 2 rings (SSSR count). The molecule has 1 amide bonds. The number of rotatable bonds is 7. The lowest BCUT2D eigenvalue weighted by atomic mass is 10.2. The smallest absolute Gasteiger partial charge is 0.252 e. The van der Waals surface area contributed by atoms with Gasteiger partial charge in [-0.2, -0.15) is 0 Å². The Hall–Kier alpha value is -1.62. The highest BCUT2D eigenvalue weighted by Gasteiger charge is 2.07. The van der Waals surface area contributed by atoms with Crippen LogP contribution >= 0.6 is 11.3 Å². The Balaban J connectivity index is 1.71. The maximum absolute atomic E-state index is 11.9. The molecule has 5 heteroatoms. The number of hydrogen-bond acceptors (Lipinski definition) is 3. The number of nitrogens with zero attached hydrogens (tertiary/aromatic N) is 2. The monoisotopic (exact) mass is 277 g/mol. The van der Waals surface area contributed by atoms with E-state index in [0.29, 0.717) is 6.54 Å². The average molecular weight is 277 g/mol. The lowest BCUT2D eigenvalue weighted by Crippen LogP contribution is -2.24. The Morgan fingerprint density at radius 3 is 3.16 bits per heavy atom. The van der Waals surface area contributed by atoms with Gasteiger partial charge in [-0.1, -0.05) is 13.3 Å². The summed E-state index contributed by atoms with van der Waals surface area (Å²) < 4.78 is 2.01. The number of hydrogen-bond donors (Lipinski definition) is 1. The van der Waals surface area contributed by atoms with Crippen molar-refractivity contribution in [3.63, 3.8) is 0 Å². The van der Waals surface area contributed by atoms with Gasteiger partial charge in [0, 0.05) is 35.7 Å². The molecule has 0 spiro atoms. The van der Waals surface area contributed by atoms with E-state index >= 15 is 0 Å². The SMILES string of the molecule is CCCc1cc(C(=O)NCCCn2ccnc2)cs1. The molecule has 0 fully saturated rings. The van der Waals surface area contributed by atoms with Crippen molar-refractivity contribution in [1.82, 2.24) is 14.9 Å². The van der Waals surface area contributed by atoms with Crippen LogP contribution in [0.15, 0.2) is 30.2 Å². The number of thiophene rings is 1. The molecule has 0 unspecified atom stereocenters. The summed E-state index contributed by atoms with van der Waals surface area (Å²) in [4.78, 5) is 17.2. The third-order valence-corrected chi connectivity index (χ3v) is 3.85. The van der Waals surface area contributed by atoms with E-state index in [9.17, 15) is 4.79 Å². The van der Waals surface area contributed by atoms with Crippen molar-refractivity contribution in [2.75, 3.05) is 6.54 Å². The van der Waals surface area contributed by atoms with Crippen molar-refractivity contribution in [3.05, 3.63) is 40.6 Å². The van der Waals surface area contributed by atoms with Gasteiger partial charge >= 0.3 is 0 Å². The van der Waals surface area contributed by atoms with E-state index in [1.54, 1.807) is 23.9 Å². The lowest BCUT2D eigenvalue weighted by molar-refractivity contribution is 0.0953. The molecular weight excluding hydrogens is 258 g/mol. The normalized spacial score (nSPS) is 10.6. The van der Waals surface area contributed by atoms with E-state index in [2.05, 4.69) is 17.2 Å². The molecule has 0 aliphatic carbocycles. The Bertz CT molecular complexity index is 505. The first kappa shape index (κ1) is 13.8. The minimum Gasteiger partial charge on any atom is -0.352 e. The maximum atomic E-state index is 11.9. The number of aromatic nitrogens is 2. The van der Waals surface area contributed by atoms with Crippen LogP contribution in [0, 0.1) is 0 Å². The fourth-order valence-corrected chi connectivity index (χ4v) is 2.83. The zero-order valence-corrected chi connectivity index (χ0v) is 11.9. The second-order valence-corrected chi connectivity index (χ2v) is 5.46. The number of carbonyl (C=O) groups is 1. The molecule has 4 nitrogen and oxygen atoms in total. The molecule has 0 atom stereocenters. The van der Waals surface area contributed by atoms with Gasteiger partial charge in [0.1, 0.15) is 0 Å². The van der Waals surface area contributed by atoms with Gasteiger partial charge < -0.3 is 9.88 Å². The van der Waals surface area contributed by atoms with Gasteiger partial charge in [-0.15, -0.1) is 11.3 Å². The van der Waals surface area contributed by atoms with Gasteiger partial charge in [0.15, 0.2) is 0 Å². The van der Waals surface area contributed by atoms with Crippen LogP contribution in [0.2, 0.25) is 0 Å². The second-order valence-electron chi connectivity index (χ2n) is 4.46. The highest BCUT2D eigenvalue weighted by Crippen LogP contribution is 2.16. The van der Waals surface area contributed by atoms with Gasteiger partial charge in [-0.3, -0.25) is 4.79 Å². The number of carbonyl (C=O) groups excluding carboxylic acids is 1. The summed E-state index contributed by atoms with van der Waals surface area (Å²) in [5, 5.41) is 4.89. The molecule has 2 heterocycles. The summed E-state index contributed by atoms with van der Waals surface area (Å²) in [7, 11) is 0. The van der Waals surface area contributed by atoms with E-state index in [1.165, 1.54) is 4.88 Å². The van der Waals surface area contributed by atoms with Crippen molar-refractivity contribution < 1.29 is 4.79 Å². The molecule has 0 saturated carbocycles. The molecule has 0 radical (unpaired) electrons. The van der Waals surface area contributed by atoms with Crippen LogP contribution in [-0.2, 0) is 13.0 Å². The summed E-state index contributed by atoms with van der Waals surface area (Å²) in [5.41, 5.74) is 0.788. The van der Waals surface area contributed by atoms with Crippen LogP contribution in [0.1, 0.15) is 35.0 Å². The van der Waals surface area contributed by atoms with E-state index in [1.807, 2.05) is 22.2 Å². The summed E-state index contributed by atoms with van der Waals surface area (Å²) in [6.45, 7) is 3.72. The van der Waals surface area contributed by atoms with Crippen LogP contribution in [0.3, 0.4) is 0 Å². The minimum absolute atomic E-state index is 0.0317. The molecule has 0 aromatic carbocycles. The Kier molecular flexibility index (Phi) is 5.15. The van der Waals surface area contributed by atoms with E-state index in [0.717, 1.165) is 31.4 Å². The van der Waals surface area contributed by atoms with Crippen LogP contribution < -0.4 is 5.32 Å². The quantitative estimate of drug-likeness (QED) is 0.791. The van der Waals surface area contributed by atoms with E-state index in [4.69, 9.17) is 0 Å². The van der Waals surface area contributed by atoms with Crippen molar-refractivity contribution in [2.24, 2.45) is 0 Å². The topological polar surface area (TPSA) is 46.9 Å². The molecule has 1 N–H and O–H groups in total. The molecule has 2 aromatic rings. The number of nitrogens with one attached hydrogen (secondary N) is 1. The highest BCUT2D eigenvalue weighted by atomic mass is 32.1. The largest absolute Gasteiger partial charge is 0.352 e. The summed E-state index contributed by atoms with van der Waals surface area (Å²) >= 11 is 1.67. The van der Waals surface area contributed by atoms with Crippen molar-refractivity contribution in [3.8, 4) is 0 Å².